The second-order valence-electron chi connectivity index (χ2n) is 8.22. The van der Waals surface area contributed by atoms with E-state index in [1.165, 1.54) is 17.3 Å². The molecule has 0 N–H and O–H groups in total. The van der Waals surface area contributed by atoms with E-state index < -0.39 is 0 Å². The van der Waals surface area contributed by atoms with Crippen molar-refractivity contribution in [3.8, 4) is 5.88 Å². The minimum absolute atomic E-state index is 0.0890. The first-order valence-electron chi connectivity index (χ1n) is 11.1. The zero-order valence-electron chi connectivity index (χ0n) is 18.9. The Morgan fingerprint density at radius 2 is 1.84 bits per heavy atom. The first-order chi connectivity index (χ1) is 15.7. The van der Waals surface area contributed by atoms with Crippen molar-refractivity contribution in [2.45, 2.75) is 12.5 Å². The molecule has 2 aliphatic rings. The van der Waals surface area contributed by atoms with Crippen molar-refractivity contribution in [2.24, 2.45) is 0 Å². The van der Waals surface area contributed by atoms with Gasteiger partial charge in [-0.1, -0.05) is 30.3 Å². The Morgan fingerprint density at radius 3 is 2.53 bits per heavy atom. The van der Waals surface area contributed by atoms with Crippen molar-refractivity contribution in [1.82, 2.24) is 23.4 Å². The summed E-state index contributed by atoms with van der Waals surface area (Å²) < 4.78 is 19.4. The Labute approximate surface area is 193 Å². The van der Waals surface area contributed by atoms with Crippen LogP contribution in [0.4, 0.5) is 10.6 Å². The largest absolute Gasteiger partial charge is 0.478 e. The van der Waals surface area contributed by atoms with E-state index in [0.717, 1.165) is 45.0 Å². The van der Waals surface area contributed by atoms with Gasteiger partial charge >= 0.3 is 6.03 Å². The van der Waals surface area contributed by atoms with Crippen LogP contribution in [-0.4, -0.2) is 109 Å². The summed E-state index contributed by atoms with van der Waals surface area (Å²) >= 11 is 1.18. The van der Waals surface area contributed by atoms with Crippen LogP contribution in [0, 0.1) is 0 Å². The molecule has 1 unspecified atom stereocenters. The van der Waals surface area contributed by atoms with Crippen LogP contribution in [0.5, 0.6) is 5.88 Å². The fraction of sp³-hybridized carbons (Fsp3) is 0.591. The third-order valence-electron chi connectivity index (χ3n) is 6.22. The first kappa shape index (κ1) is 22.8. The maximum atomic E-state index is 13.2. The number of benzene rings is 1. The van der Waals surface area contributed by atoms with E-state index in [4.69, 9.17) is 9.47 Å². The molecule has 1 aromatic carbocycles. The van der Waals surface area contributed by atoms with Crippen LogP contribution in [0.15, 0.2) is 30.3 Å². The number of likely N-dealkylation sites (N-methyl/N-ethyl adjacent to an activating group) is 1. The third kappa shape index (κ3) is 5.48. The number of piperazine rings is 1. The van der Waals surface area contributed by atoms with E-state index >= 15 is 0 Å². The van der Waals surface area contributed by atoms with Gasteiger partial charge in [0, 0.05) is 58.9 Å². The zero-order valence-corrected chi connectivity index (χ0v) is 19.7. The highest BCUT2D eigenvalue weighted by atomic mass is 32.1. The smallest absolute Gasteiger partial charge is 0.320 e. The van der Waals surface area contributed by atoms with Gasteiger partial charge < -0.3 is 24.2 Å². The highest BCUT2D eigenvalue weighted by Gasteiger charge is 2.29. The van der Waals surface area contributed by atoms with Gasteiger partial charge in [-0.2, -0.15) is 4.37 Å². The average molecular weight is 461 g/mol. The predicted molar refractivity (Wildman–Crippen MR) is 125 cm³/mol. The van der Waals surface area contributed by atoms with Crippen LogP contribution in [0.1, 0.15) is 5.56 Å². The van der Waals surface area contributed by atoms with Gasteiger partial charge in [-0.3, -0.25) is 4.90 Å². The Balaban J connectivity index is 1.40. The van der Waals surface area contributed by atoms with E-state index in [0.29, 0.717) is 32.2 Å². The number of hydrogen-bond donors (Lipinski definition) is 0. The summed E-state index contributed by atoms with van der Waals surface area (Å²) in [7, 11) is 3.57. The molecule has 32 heavy (non-hydrogen) atoms. The number of ether oxygens (including phenoxy) is 2. The molecule has 174 valence electrons. The quantitative estimate of drug-likeness (QED) is 0.622. The Bertz CT molecular complexity index is 852. The summed E-state index contributed by atoms with van der Waals surface area (Å²) in [6.07, 6.45) is 0.831. The summed E-state index contributed by atoms with van der Waals surface area (Å²) in [5, 5.41) is 0. The molecule has 0 radical (unpaired) electrons. The number of urea groups is 1. The molecule has 0 saturated carbocycles. The molecule has 2 saturated heterocycles. The molecule has 4 rings (SSSR count). The summed E-state index contributed by atoms with van der Waals surface area (Å²) in [4.78, 5) is 21.7. The number of morpholine rings is 1. The zero-order chi connectivity index (χ0) is 22.3. The highest BCUT2D eigenvalue weighted by Crippen LogP contribution is 2.26. The van der Waals surface area contributed by atoms with Crippen molar-refractivity contribution < 1.29 is 14.3 Å². The fourth-order valence-corrected chi connectivity index (χ4v) is 4.82. The van der Waals surface area contributed by atoms with Gasteiger partial charge in [0.1, 0.15) is 0 Å². The molecule has 0 aliphatic carbocycles. The summed E-state index contributed by atoms with van der Waals surface area (Å²) in [5.41, 5.74) is 1.25. The van der Waals surface area contributed by atoms with Gasteiger partial charge in [-0.05, 0) is 12.0 Å². The monoisotopic (exact) mass is 460 g/mol. The maximum Gasteiger partial charge on any atom is 0.320 e. The first-order valence-corrected chi connectivity index (χ1v) is 11.9. The molecule has 2 amide bonds. The third-order valence-corrected chi connectivity index (χ3v) is 6.72. The Kier molecular flexibility index (Phi) is 7.77. The number of amides is 2. The molecule has 2 aromatic rings. The van der Waals surface area contributed by atoms with Gasteiger partial charge in [0.15, 0.2) is 0 Å². The van der Waals surface area contributed by atoms with Crippen LogP contribution in [0.25, 0.3) is 0 Å². The number of nitrogens with zero attached hydrogens (tertiary/aromatic N) is 6. The maximum absolute atomic E-state index is 13.2. The summed E-state index contributed by atoms with van der Waals surface area (Å²) in [6.45, 7) is 6.91. The Morgan fingerprint density at radius 1 is 1.12 bits per heavy atom. The lowest BCUT2D eigenvalue weighted by molar-refractivity contribution is 0.0399. The standard InChI is InChI=1S/C22H32N6O3S/c1-25(22(29)28-12-14-31-15-13-28)19(16-18-6-4-3-5-7-18)17-26-8-10-27(11-9-26)20-21(30-2)24-32-23-20/h3-7,19H,8-17H2,1-2H3. The molecule has 9 nitrogen and oxygen atoms in total. The van der Waals surface area contributed by atoms with E-state index in [1.807, 2.05) is 22.9 Å². The van der Waals surface area contributed by atoms with Crippen molar-refractivity contribution in [3.63, 3.8) is 0 Å². The molecule has 0 bridgehead atoms. The molecule has 10 heteroatoms. The fourth-order valence-electron chi connectivity index (χ4n) is 4.28. The lowest BCUT2D eigenvalue weighted by atomic mass is 10.0. The normalized spacial score (nSPS) is 18.4. The van der Waals surface area contributed by atoms with Crippen molar-refractivity contribution in [1.29, 1.82) is 0 Å². The molecule has 1 atom stereocenters. The number of methoxy groups -OCH3 is 1. The Hall–Kier alpha value is -2.43. The lowest BCUT2D eigenvalue weighted by Crippen LogP contribution is -2.55. The number of rotatable bonds is 7. The number of carbonyl (C=O) groups is 1. The van der Waals surface area contributed by atoms with Gasteiger partial charge in [-0.15, -0.1) is 4.37 Å². The van der Waals surface area contributed by atoms with Crippen molar-refractivity contribution in [3.05, 3.63) is 35.9 Å². The van der Waals surface area contributed by atoms with Crippen molar-refractivity contribution >= 4 is 23.6 Å². The van der Waals surface area contributed by atoms with E-state index in [9.17, 15) is 4.79 Å². The van der Waals surface area contributed by atoms with E-state index in [1.54, 1.807) is 7.11 Å². The summed E-state index contributed by atoms with van der Waals surface area (Å²) in [6, 6.07) is 10.6. The average Bonchev–Trinajstić information content (AvgIpc) is 3.33. The van der Waals surface area contributed by atoms with E-state index in [-0.39, 0.29) is 12.1 Å². The van der Waals surface area contributed by atoms with Crippen LogP contribution in [0.2, 0.25) is 0 Å². The predicted octanol–water partition coefficient (Wildman–Crippen LogP) is 1.66. The molecular weight excluding hydrogens is 428 g/mol. The highest BCUT2D eigenvalue weighted by molar-refractivity contribution is 6.99. The SMILES string of the molecule is COc1nsnc1N1CCN(CC(Cc2ccccc2)N(C)C(=O)N2CCOCC2)CC1. The second-order valence-corrected chi connectivity index (χ2v) is 8.75. The van der Waals surface area contributed by atoms with Crippen LogP contribution in [-0.2, 0) is 11.2 Å². The van der Waals surface area contributed by atoms with Gasteiger partial charge in [-0.25, -0.2) is 4.79 Å². The van der Waals surface area contributed by atoms with Gasteiger partial charge in [0.05, 0.1) is 32.1 Å². The van der Waals surface area contributed by atoms with Crippen LogP contribution < -0.4 is 9.64 Å². The van der Waals surface area contributed by atoms with Gasteiger partial charge in [0.25, 0.3) is 5.88 Å². The van der Waals surface area contributed by atoms with E-state index in [2.05, 4.69) is 42.8 Å². The summed E-state index contributed by atoms with van der Waals surface area (Å²) in [5.74, 6) is 1.43. The van der Waals surface area contributed by atoms with Crippen LogP contribution in [0.3, 0.4) is 0 Å². The minimum atomic E-state index is 0.0890. The number of carbonyl (C=O) groups excluding carboxylic acids is 1. The molecule has 3 heterocycles. The number of hydrogen-bond acceptors (Lipinski definition) is 8. The molecule has 0 spiro atoms. The van der Waals surface area contributed by atoms with Crippen LogP contribution >= 0.6 is 11.7 Å². The molecule has 2 aliphatic heterocycles. The topological polar surface area (TPSA) is 74.3 Å². The molecule has 1 aromatic heterocycles. The number of aromatic nitrogens is 2. The van der Waals surface area contributed by atoms with Gasteiger partial charge in [0.2, 0.25) is 5.82 Å². The number of anilines is 1. The molecular formula is C22H32N6O3S. The lowest BCUT2D eigenvalue weighted by Gasteiger charge is -2.40. The minimum Gasteiger partial charge on any atom is -0.478 e. The van der Waals surface area contributed by atoms with Crippen molar-refractivity contribution in [2.75, 3.05) is 78.1 Å². The second kappa shape index (κ2) is 10.9. The molecule has 2 fully saturated rings.